The van der Waals surface area contributed by atoms with E-state index in [1.54, 1.807) is 26.4 Å². The van der Waals surface area contributed by atoms with Gasteiger partial charge < -0.3 is 34.4 Å². The fourth-order valence-corrected chi connectivity index (χ4v) is 5.00. The van der Waals surface area contributed by atoms with E-state index in [0.717, 1.165) is 49.2 Å². The van der Waals surface area contributed by atoms with Crippen molar-refractivity contribution in [3.05, 3.63) is 71.0 Å². The summed E-state index contributed by atoms with van der Waals surface area (Å²) in [7, 11) is 6.31. The number of nitrogens with zero attached hydrogens (tertiary/aromatic N) is 1. The number of carbonyl (C=O) groups is 1. The Bertz CT molecular complexity index is 1500. The van der Waals surface area contributed by atoms with Gasteiger partial charge in [0, 0.05) is 47.5 Å². The first kappa shape index (κ1) is 26.2. The molecule has 3 N–H and O–H groups in total. The summed E-state index contributed by atoms with van der Waals surface area (Å²) < 4.78 is 27.6. The highest BCUT2D eigenvalue weighted by molar-refractivity contribution is 6.08. The number of methoxy groups -OCH3 is 4. The van der Waals surface area contributed by atoms with Gasteiger partial charge in [-0.1, -0.05) is 12.1 Å². The van der Waals surface area contributed by atoms with Gasteiger partial charge in [-0.3, -0.25) is 9.69 Å². The van der Waals surface area contributed by atoms with Gasteiger partial charge in [-0.2, -0.15) is 0 Å². The summed E-state index contributed by atoms with van der Waals surface area (Å²) in [5, 5.41) is 4.00. The number of ether oxygens (including phenoxy) is 4. The minimum absolute atomic E-state index is 0.314. The fraction of sp³-hybridized carbons (Fsp3) is 0.300. The Morgan fingerprint density at radius 3 is 2.26 bits per heavy atom. The number of nitrogens with two attached hydrogens (primary N) is 1. The lowest BCUT2D eigenvalue weighted by Crippen LogP contribution is -2.31. The summed E-state index contributed by atoms with van der Waals surface area (Å²) in [5.41, 5.74) is 10.7. The molecule has 9 heteroatoms. The van der Waals surface area contributed by atoms with E-state index in [4.69, 9.17) is 29.1 Å². The average Bonchev–Trinajstić information content (AvgIpc) is 3.32. The molecule has 0 saturated heterocycles. The van der Waals surface area contributed by atoms with Crippen molar-refractivity contribution in [2.75, 3.05) is 52.6 Å². The average molecular weight is 532 g/mol. The van der Waals surface area contributed by atoms with Crippen molar-refractivity contribution in [2.24, 2.45) is 0 Å². The van der Waals surface area contributed by atoms with Crippen LogP contribution in [0, 0.1) is 0 Å². The maximum atomic E-state index is 12.8. The maximum absolute atomic E-state index is 12.8. The van der Waals surface area contributed by atoms with Crippen LogP contribution in [0.4, 0.5) is 11.4 Å². The maximum Gasteiger partial charge on any atom is 0.257 e. The highest BCUT2D eigenvalue weighted by Gasteiger charge is 2.24. The van der Waals surface area contributed by atoms with Crippen molar-refractivity contribution >= 4 is 28.3 Å². The Labute approximate surface area is 227 Å². The molecule has 1 amide bonds. The third-order valence-corrected chi connectivity index (χ3v) is 7.15. The first-order valence-corrected chi connectivity index (χ1v) is 12.7. The number of hydrogen-bond donors (Lipinski definition) is 2. The fourth-order valence-electron chi connectivity index (χ4n) is 5.00. The molecule has 1 aliphatic heterocycles. The van der Waals surface area contributed by atoms with Gasteiger partial charge in [-0.15, -0.1) is 0 Å². The molecule has 5 rings (SSSR count). The quantitative estimate of drug-likeness (QED) is 0.294. The van der Waals surface area contributed by atoms with Gasteiger partial charge in [0.15, 0.2) is 23.0 Å². The van der Waals surface area contributed by atoms with Crippen molar-refractivity contribution in [3.63, 3.8) is 0 Å². The lowest BCUT2D eigenvalue weighted by Gasteiger charge is -2.25. The molecule has 39 heavy (non-hydrogen) atoms. The number of furan rings is 1. The van der Waals surface area contributed by atoms with Crippen LogP contribution in [0.25, 0.3) is 11.0 Å². The topological polar surface area (TPSA) is 108 Å². The molecule has 0 aliphatic carbocycles. The molecule has 0 fully saturated rings. The van der Waals surface area contributed by atoms with Crippen LogP contribution in [0.15, 0.2) is 52.9 Å². The number of fused-ring (bicyclic) bond motifs is 3. The second-order valence-electron chi connectivity index (χ2n) is 9.43. The number of hydrogen-bond acceptors (Lipinski definition) is 8. The van der Waals surface area contributed by atoms with E-state index in [0.29, 0.717) is 39.9 Å². The predicted octanol–water partition coefficient (Wildman–Crippen LogP) is 4.90. The molecule has 0 radical (unpaired) electrons. The largest absolute Gasteiger partial charge is 0.493 e. The molecular formula is C30H33N3O6. The lowest BCUT2D eigenvalue weighted by atomic mass is 10.0. The van der Waals surface area contributed by atoms with Crippen molar-refractivity contribution in [2.45, 2.75) is 19.4 Å². The third-order valence-electron chi connectivity index (χ3n) is 7.15. The Morgan fingerprint density at radius 1 is 0.923 bits per heavy atom. The summed E-state index contributed by atoms with van der Waals surface area (Å²) in [6.45, 7) is 2.61. The number of anilines is 2. The number of nitrogens with one attached hydrogen (secondary N) is 1. The molecule has 0 bridgehead atoms. The Hall–Kier alpha value is -4.37. The van der Waals surface area contributed by atoms with Crippen molar-refractivity contribution in [3.8, 4) is 23.0 Å². The lowest BCUT2D eigenvalue weighted by molar-refractivity contribution is 0.102. The Kier molecular flexibility index (Phi) is 7.51. The molecule has 2 heterocycles. The van der Waals surface area contributed by atoms with Crippen LogP contribution in [0.3, 0.4) is 0 Å². The molecule has 0 atom stereocenters. The first-order chi connectivity index (χ1) is 18.9. The van der Waals surface area contributed by atoms with E-state index in [1.165, 1.54) is 25.3 Å². The molecule has 0 unspecified atom stereocenters. The molecule has 1 aromatic heterocycles. The van der Waals surface area contributed by atoms with Crippen LogP contribution in [-0.4, -0.2) is 52.3 Å². The number of rotatable bonds is 9. The molecule has 0 saturated carbocycles. The smallest absolute Gasteiger partial charge is 0.257 e. The number of carbonyl (C=O) groups excluding carboxylic acids is 1. The predicted molar refractivity (Wildman–Crippen MR) is 150 cm³/mol. The summed E-state index contributed by atoms with van der Waals surface area (Å²) in [5.74, 6) is 2.98. The number of benzene rings is 3. The van der Waals surface area contributed by atoms with Gasteiger partial charge in [0.1, 0.15) is 11.3 Å². The van der Waals surface area contributed by atoms with Crippen molar-refractivity contribution in [1.82, 2.24) is 4.90 Å². The zero-order valence-electron chi connectivity index (χ0n) is 22.6. The normalized spacial score (nSPS) is 13.1. The van der Waals surface area contributed by atoms with Crippen LogP contribution in [0.5, 0.6) is 23.0 Å². The second kappa shape index (κ2) is 11.2. The minimum Gasteiger partial charge on any atom is -0.493 e. The highest BCUT2D eigenvalue weighted by atomic mass is 16.5. The van der Waals surface area contributed by atoms with E-state index in [9.17, 15) is 4.79 Å². The van der Waals surface area contributed by atoms with Crippen molar-refractivity contribution < 1.29 is 28.2 Å². The molecule has 4 aromatic rings. The summed E-state index contributed by atoms with van der Waals surface area (Å²) in [6.07, 6.45) is 1.80. The molecule has 1 aliphatic rings. The van der Waals surface area contributed by atoms with Crippen molar-refractivity contribution in [1.29, 1.82) is 0 Å². The molecular weight excluding hydrogens is 498 g/mol. The summed E-state index contributed by atoms with van der Waals surface area (Å²) >= 11 is 0. The second-order valence-corrected chi connectivity index (χ2v) is 9.43. The molecule has 0 spiro atoms. The molecule has 3 aromatic carbocycles. The van der Waals surface area contributed by atoms with E-state index >= 15 is 0 Å². The van der Waals surface area contributed by atoms with Crippen LogP contribution in [0.2, 0.25) is 0 Å². The Morgan fingerprint density at radius 2 is 1.56 bits per heavy atom. The number of amides is 1. The van der Waals surface area contributed by atoms with E-state index in [2.05, 4.69) is 10.2 Å². The van der Waals surface area contributed by atoms with Gasteiger partial charge in [0.05, 0.1) is 40.5 Å². The van der Waals surface area contributed by atoms with Gasteiger partial charge in [-0.25, -0.2) is 0 Å². The minimum atomic E-state index is -0.314. The standard InChI is InChI=1S/C30H33N3O6/c1-35-25-13-21-20-10-12-33(17-29(20)39-24(21)16-28(25)38-4)11-9-18-5-7-19(8-6-18)32-30(34)22-14-26(36-2)27(37-3)15-23(22)31/h5-8,13-16H,9-12,17,31H2,1-4H3,(H,32,34). The summed E-state index contributed by atoms with van der Waals surface area (Å²) in [6, 6.07) is 14.9. The van der Waals surface area contributed by atoms with Crippen LogP contribution < -0.4 is 30.0 Å². The van der Waals surface area contributed by atoms with Crippen LogP contribution in [0.1, 0.15) is 27.2 Å². The van der Waals surface area contributed by atoms with Gasteiger partial charge in [-0.05, 0) is 42.7 Å². The van der Waals surface area contributed by atoms with Crippen LogP contribution in [-0.2, 0) is 19.4 Å². The SMILES string of the molecule is COc1cc(N)c(C(=O)Nc2ccc(CCN3CCc4c(oc5cc(OC)c(OC)cc45)C3)cc2)cc1OC. The Balaban J connectivity index is 1.20. The molecule has 204 valence electrons. The first-order valence-electron chi connectivity index (χ1n) is 12.7. The van der Waals surface area contributed by atoms with Gasteiger partial charge in [0.2, 0.25) is 0 Å². The van der Waals surface area contributed by atoms with E-state index in [1.807, 2.05) is 36.4 Å². The summed E-state index contributed by atoms with van der Waals surface area (Å²) in [4.78, 5) is 15.2. The highest BCUT2D eigenvalue weighted by Crippen LogP contribution is 2.38. The van der Waals surface area contributed by atoms with E-state index < -0.39 is 0 Å². The zero-order chi connectivity index (χ0) is 27.5. The van der Waals surface area contributed by atoms with Gasteiger partial charge >= 0.3 is 0 Å². The third kappa shape index (κ3) is 5.31. The zero-order valence-corrected chi connectivity index (χ0v) is 22.6. The van der Waals surface area contributed by atoms with Crippen LogP contribution >= 0.6 is 0 Å². The van der Waals surface area contributed by atoms with Gasteiger partial charge in [0.25, 0.3) is 5.91 Å². The van der Waals surface area contributed by atoms with E-state index in [-0.39, 0.29) is 5.91 Å². The monoisotopic (exact) mass is 531 g/mol. The number of nitrogen functional groups attached to an aromatic ring is 1. The molecule has 9 nitrogen and oxygen atoms in total.